The van der Waals surface area contributed by atoms with Crippen LogP contribution in [0.15, 0.2) is 22.7 Å². The van der Waals surface area contributed by atoms with Gasteiger partial charge in [0, 0.05) is 4.47 Å². The minimum Gasteiger partial charge on any atom is -0.505 e. The summed E-state index contributed by atoms with van der Waals surface area (Å²) in [5.74, 6) is 0.201. The molecule has 0 aliphatic carbocycles. The zero-order chi connectivity index (χ0) is 13.7. The Morgan fingerprint density at radius 3 is 2.37 bits per heavy atom. The quantitative estimate of drug-likeness (QED) is 0.633. The fourth-order valence-electron chi connectivity index (χ4n) is 2.35. The van der Waals surface area contributed by atoms with E-state index in [4.69, 9.17) is 0 Å². The van der Waals surface area contributed by atoms with Crippen molar-refractivity contribution in [2.45, 2.75) is 20.8 Å². The van der Waals surface area contributed by atoms with E-state index in [2.05, 4.69) is 32.0 Å². The molecule has 0 unspecified atom stereocenters. The highest BCUT2D eigenvalue weighted by Gasteiger charge is 2.13. The second kappa shape index (κ2) is 4.17. The molecule has 0 fully saturated rings. The van der Waals surface area contributed by atoms with Crippen molar-refractivity contribution in [1.29, 1.82) is 0 Å². The highest BCUT2D eigenvalue weighted by Crippen LogP contribution is 2.33. The van der Waals surface area contributed by atoms with Gasteiger partial charge in [-0.2, -0.15) is 0 Å². The molecule has 0 spiro atoms. The Balaban J connectivity index is 2.56. The van der Waals surface area contributed by atoms with E-state index in [1.54, 1.807) is 0 Å². The van der Waals surface area contributed by atoms with Crippen LogP contribution in [0.3, 0.4) is 0 Å². The molecule has 0 saturated heterocycles. The first-order chi connectivity index (χ1) is 8.97. The lowest BCUT2D eigenvalue weighted by Crippen LogP contribution is -1.93. The van der Waals surface area contributed by atoms with Crippen LogP contribution >= 0.6 is 15.9 Å². The van der Waals surface area contributed by atoms with Gasteiger partial charge in [0.15, 0.2) is 0 Å². The number of nitrogens with zero attached hydrogens (tertiary/aromatic N) is 2. The fourth-order valence-corrected chi connectivity index (χ4v) is 2.97. The third-order valence-corrected chi connectivity index (χ3v) is 3.88. The molecule has 0 bridgehead atoms. The Hall–Kier alpha value is -1.68. The lowest BCUT2D eigenvalue weighted by atomic mass is 10.1. The van der Waals surface area contributed by atoms with Gasteiger partial charge in [0.1, 0.15) is 16.8 Å². The van der Waals surface area contributed by atoms with Crippen molar-refractivity contribution < 1.29 is 5.11 Å². The van der Waals surface area contributed by atoms with Crippen LogP contribution in [0, 0.1) is 20.8 Å². The third-order valence-electron chi connectivity index (χ3n) is 3.27. The SMILES string of the molecule is Cc1cc(C)c2nc3c(Br)cc(C)c(O)c3nc2c1. The van der Waals surface area contributed by atoms with E-state index in [-0.39, 0.29) is 5.75 Å². The number of aryl methyl sites for hydroxylation is 3. The first-order valence-electron chi connectivity index (χ1n) is 6.04. The molecule has 96 valence electrons. The molecule has 19 heavy (non-hydrogen) atoms. The monoisotopic (exact) mass is 316 g/mol. The molecule has 0 radical (unpaired) electrons. The van der Waals surface area contributed by atoms with Crippen LogP contribution in [0.4, 0.5) is 0 Å². The molecule has 3 aromatic rings. The molecule has 1 aromatic heterocycles. The van der Waals surface area contributed by atoms with Crippen molar-refractivity contribution in [3.63, 3.8) is 0 Å². The maximum atomic E-state index is 10.2. The first-order valence-corrected chi connectivity index (χ1v) is 6.83. The van der Waals surface area contributed by atoms with Crippen LogP contribution in [0.5, 0.6) is 5.75 Å². The summed E-state index contributed by atoms with van der Waals surface area (Å²) in [6.07, 6.45) is 0. The zero-order valence-corrected chi connectivity index (χ0v) is 12.5. The maximum absolute atomic E-state index is 10.2. The average molecular weight is 317 g/mol. The van der Waals surface area contributed by atoms with Crippen LogP contribution in [-0.4, -0.2) is 15.1 Å². The van der Waals surface area contributed by atoms with E-state index in [1.807, 2.05) is 32.9 Å². The molecule has 0 aliphatic heterocycles. The van der Waals surface area contributed by atoms with Gasteiger partial charge in [-0.1, -0.05) is 6.07 Å². The lowest BCUT2D eigenvalue weighted by Gasteiger charge is -2.09. The van der Waals surface area contributed by atoms with Crippen LogP contribution < -0.4 is 0 Å². The van der Waals surface area contributed by atoms with E-state index in [0.717, 1.165) is 32.2 Å². The molecular formula is C15H13BrN2O. The summed E-state index contributed by atoms with van der Waals surface area (Å²) in [6, 6.07) is 5.94. The van der Waals surface area contributed by atoms with Crippen molar-refractivity contribution >= 4 is 38.0 Å². The van der Waals surface area contributed by atoms with Gasteiger partial charge in [0.2, 0.25) is 0 Å². The van der Waals surface area contributed by atoms with Gasteiger partial charge >= 0.3 is 0 Å². The lowest BCUT2D eigenvalue weighted by molar-refractivity contribution is 0.476. The summed E-state index contributed by atoms with van der Waals surface area (Å²) in [4.78, 5) is 9.23. The van der Waals surface area contributed by atoms with Gasteiger partial charge in [-0.3, -0.25) is 0 Å². The summed E-state index contributed by atoms with van der Waals surface area (Å²) in [7, 11) is 0. The molecular weight excluding hydrogens is 304 g/mol. The van der Waals surface area contributed by atoms with Gasteiger partial charge in [-0.25, -0.2) is 9.97 Å². The molecule has 0 saturated carbocycles. The van der Waals surface area contributed by atoms with Crippen molar-refractivity contribution in [3.8, 4) is 5.75 Å². The number of phenols is 1. The van der Waals surface area contributed by atoms with E-state index < -0.39 is 0 Å². The number of aromatic hydroxyl groups is 1. The number of benzene rings is 2. The number of halogens is 1. The molecule has 0 atom stereocenters. The normalized spacial score (nSPS) is 11.4. The van der Waals surface area contributed by atoms with Crippen molar-refractivity contribution in [1.82, 2.24) is 9.97 Å². The van der Waals surface area contributed by atoms with Gasteiger partial charge in [-0.15, -0.1) is 0 Å². The smallest absolute Gasteiger partial charge is 0.146 e. The minimum atomic E-state index is 0.201. The summed E-state index contributed by atoms with van der Waals surface area (Å²) in [6.45, 7) is 5.91. The van der Waals surface area contributed by atoms with Gasteiger partial charge in [0.25, 0.3) is 0 Å². The highest BCUT2D eigenvalue weighted by atomic mass is 79.9. The summed E-state index contributed by atoms with van der Waals surface area (Å²) in [5, 5.41) is 10.2. The maximum Gasteiger partial charge on any atom is 0.146 e. The van der Waals surface area contributed by atoms with Crippen LogP contribution in [0.1, 0.15) is 16.7 Å². The fraction of sp³-hybridized carbons (Fsp3) is 0.200. The predicted octanol–water partition coefficient (Wildman–Crippen LogP) is 4.18. The Labute approximate surface area is 119 Å². The van der Waals surface area contributed by atoms with E-state index in [9.17, 15) is 5.11 Å². The van der Waals surface area contributed by atoms with E-state index in [1.165, 1.54) is 0 Å². The van der Waals surface area contributed by atoms with Crippen LogP contribution in [0.25, 0.3) is 22.1 Å². The molecule has 0 amide bonds. The topological polar surface area (TPSA) is 46.0 Å². The number of rotatable bonds is 0. The molecule has 3 rings (SSSR count). The van der Waals surface area contributed by atoms with Crippen LogP contribution in [0.2, 0.25) is 0 Å². The number of aromatic nitrogens is 2. The number of hydrogen-bond donors (Lipinski definition) is 1. The summed E-state index contributed by atoms with van der Waals surface area (Å²) in [5.41, 5.74) is 5.96. The predicted molar refractivity (Wildman–Crippen MR) is 80.6 cm³/mol. The number of hydrogen-bond acceptors (Lipinski definition) is 3. The van der Waals surface area contributed by atoms with Crippen LogP contribution in [-0.2, 0) is 0 Å². The average Bonchev–Trinajstić information content (AvgIpc) is 2.34. The Morgan fingerprint density at radius 2 is 1.63 bits per heavy atom. The highest BCUT2D eigenvalue weighted by molar-refractivity contribution is 9.10. The minimum absolute atomic E-state index is 0.201. The molecule has 2 aromatic carbocycles. The van der Waals surface area contributed by atoms with E-state index >= 15 is 0 Å². The Bertz CT molecular complexity index is 828. The zero-order valence-electron chi connectivity index (χ0n) is 11.0. The standard InChI is InChI=1S/C15H13BrN2O/c1-7-4-8(2)12-11(5-7)17-14-13(18-12)10(16)6-9(3)15(14)19/h4-6,19H,1-3H3. The Morgan fingerprint density at radius 1 is 0.895 bits per heavy atom. The van der Waals surface area contributed by atoms with Gasteiger partial charge in [-0.05, 0) is 65.5 Å². The second-order valence-electron chi connectivity index (χ2n) is 4.89. The summed E-state index contributed by atoms with van der Waals surface area (Å²) >= 11 is 3.49. The largest absolute Gasteiger partial charge is 0.505 e. The van der Waals surface area contributed by atoms with Crippen molar-refractivity contribution in [2.24, 2.45) is 0 Å². The molecule has 3 nitrogen and oxygen atoms in total. The third kappa shape index (κ3) is 1.87. The van der Waals surface area contributed by atoms with Gasteiger partial charge in [0.05, 0.1) is 11.0 Å². The van der Waals surface area contributed by atoms with Crippen molar-refractivity contribution in [3.05, 3.63) is 39.4 Å². The first kappa shape index (κ1) is 12.4. The number of phenolic OH excluding ortho intramolecular Hbond substituents is 1. The molecule has 1 heterocycles. The molecule has 0 aliphatic rings. The Kier molecular flexibility index (Phi) is 2.71. The second-order valence-corrected chi connectivity index (χ2v) is 5.75. The van der Waals surface area contributed by atoms with Crippen molar-refractivity contribution in [2.75, 3.05) is 0 Å². The molecule has 1 N–H and O–H groups in total. The molecule has 4 heteroatoms. The summed E-state index contributed by atoms with van der Waals surface area (Å²) < 4.78 is 0.854. The van der Waals surface area contributed by atoms with Gasteiger partial charge < -0.3 is 5.11 Å². The van der Waals surface area contributed by atoms with E-state index in [0.29, 0.717) is 11.0 Å². The number of fused-ring (bicyclic) bond motifs is 2.